The normalized spacial score (nSPS) is 25.8. The van der Waals surface area contributed by atoms with Crippen LogP contribution in [0.15, 0.2) is 42.5 Å². The van der Waals surface area contributed by atoms with E-state index in [2.05, 4.69) is 37.3 Å². The van der Waals surface area contributed by atoms with Gasteiger partial charge >= 0.3 is 0 Å². The van der Waals surface area contributed by atoms with Crippen LogP contribution in [0.3, 0.4) is 0 Å². The van der Waals surface area contributed by atoms with Gasteiger partial charge in [0.1, 0.15) is 5.82 Å². The van der Waals surface area contributed by atoms with Crippen molar-refractivity contribution >= 4 is 0 Å². The lowest BCUT2D eigenvalue weighted by Gasteiger charge is -2.28. The molecule has 0 atom stereocenters. The van der Waals surface area contributed by atoms with Crippen molar-refractivity contribution in [2.24, 2.45) is 17.8 Å². The minimum Gasteiger partial charge on any atom is -0.384 e. The molecule has 2 aromatic carbocycles. The molecule has 0 spiro atoms. The van der Waals surface area contributed by atoms with E-state index in [1.54, 1.807) is 13.2 Å². The molecular weight excluding hydrogens is 407 g/mol. The molecule has 0 aliphatic heterocycles. The zero-order chi connectivity index (χ0) is 23.0. The van der Waals surface area contributed by atoms with Crippen molar-refractivity contribution in [3.63, 3.8) is 0 Å². The van der Waals surface area contributed by atoms with E-state index < -0.39 is 0 Å². The predicted molar refractivity (Wildman–Crippen MR) is 137 cm³/mol. The quantitative estimate of drug-likeness (QED) is 0.370. The van der Waals surface area contributed by atoms with Crippen LogP contribution >= 0.6 is 0 Å². The van der Waals surface area contributed by atoms with Crippen molar-refractivity contribution in [2.45, 2.75) is 89.9 Å². The Morgan fingerprint density at radius 2 is 1.42 bits per heavy atom. The van der Waals surface area contributed by atoms with E-state index in [4.69, 9.17) is 4.74 Å². The average Bonchev–Trinajstić information content (AvgIpc) is 2.85. The van der Waals surface area contributed by atoms with Crippen LogP contribution in [-0.4, -0.2) is 13.7 Å². The van der Waals surface area contributed by atoms with Crippen LogP contribution in [0.4, 0.5) is 4.39 Å². The fraction of sp³-hybridized carbons (Fsp3) is 0.613. The number of aryl methyl sites for hydroxylation is 1. The van der Waals surface area contributed by atoms with Gasteiger partial charge in [0.05, 0.1) is 0 Å². The van der Waals surface area contributed by atoms with Crippen LogP contribution in [0.2, 0.25) is 0 Å². The molecule has 0 saturated heterocycles. The van der Waals surface area contributed by atoms with Gasteiger partial charge < -0.3 is 4.74 Å². The van der Waals surface area contributed by atoms with Crippen LogP contribution in [0.1, 0.15) is 94.6 Å². The minimum absolute atomic E-state index is 0.0769. The molecule has 4 rings (SSSR count). The number of ether oxygens (including phenoxy) is 1. The molecule has 1 nitrogen and oxygen atoms in total. The van der Waals surface area contributed by atoms with Crippen LogP contribution in [0, 0.1) is 23.6 Å². The third kappa shape index (κ3) is 6.69. The fourth-order valence-corrected chi connectivity index (χ4v) is 6.37. The highest BCUT2D eigenvalue weighted by Gasteiger charge is 2.23. The molecule has 2 fully saturated rings. The average molecular weight is 451 g/mol. The van der Waals surface area contributed by atoms with Crippen molar-refractivity contribution in [1.29, 1.82) is 0 Å². The van der Waals surface area contributed by atoms with E-state index >= 15 is 0 Å². The summed E-state index contributed by atoms with van der Waals surface area (Å²) < 4.78 is 20.3. The molecule has 0 radical (unpaired) electrons. The number of benzene rings is 2. The molecule has 2 heteroatoms. The molecule has 2 aliphatic carbocycles. The monoisotopic (exact) mass is 450 g/mol. The molecule has 0 amide bonds. The third-order valence-electron chi connectivity index (χ3n) is 8.48. The molecule has 180 valence electrons. The summed E-state index contributed by atoms with van der Waals surface area (Å²) in [7, 11) is 1.80. The van der Waals surface area contributed by atoms with Gasteiger partial charge in [-0.15, -0.1) is 0 Å². The highest BCUT2D eigenvalue weighted by Crippen LogP contribution is 2.37. The number of halogens is 1. The first-order chi connectivity index (χ1) is 16.2. The van der Waals surface area contributed by atoms with E-state index in [9.17, 15) is 4.39 Å². The van der Waals surface area contributed by atoms with Crippen LogP contribution in [-0.2, 0) is 11.2 Å². The first-order valence-electron chi connectivity index (χ1n) is 13.5. The maximum absolute atomic E-state index is 15.0. The summed E-state index contributed by atoms with van der Waals surface area (Å²) in [5, 5.41) is 0. The second-order valence-corrected chi connectivity index (χ2v) is 10.8. The second kappa shape index (κ2) is 12.2. The molecule has 0 N–H and O–H groups in total. The summed E-state index contributed by atoms with van der Waals surface area (Å²) in [4.78, 5) is 0. The Morgan fingerprint density at radius 3 is 2.03 bits per heavy atom. The van der Waals surface area contributed by atoms with Gasteiger partial charge in [0, 0.05) is 19.3 Å². The van der Waals surface area contributed by atoms with Gasteiger partial charge in [-0.2, -0.15) is 0 Å². The molecule has 0 unspecified atom stereocenters. The highest BCUT2D eigenvalue weighted by atomic mass is 19.1. The number of hydrogen-bond donors (Lipinski definition) is 0. The molecule has 2 aromatic rings. The summed E-state index contributed by atoms with van der Waals surface area (Å²) in [5.41, 5.74) is 4.27. The van der Waals surface area contributed by atoms with Crippen LogP contribution in [0.25, 0.3) is 11.1 Å². The summed E-state index contributed by atoms with van der Waals surface area (Å²) in [6, 6.07) is 14.6. The zero-order valence-electron chi connectivity index (χ0n) is 20.8. The summed E-state index contributed by atoms with van der Waals surface area (Å²) in [6.45, 7) is 3.19. The SMILES string of the molecule is CCCC1CCC(CCc2ccc(-c3ccc(C4CCC(COC)CC4)cc3)c(F)c2)CC1. The third-order valence-corrected chi connectivity index (χ3v) is 8.48. The Balaban J connectivity index is 1.30. The van der Waals surface area contributed by atoms with Gasteiger partial charge in [-0.3, -0.25) is 0 Å². The summed E-state index contributed by atoms with van der Waals surface area (Å²) >= 11 is 0. The Bertz CT molecular complexity index is 842. The Hall–Kier alpha value is -1.67. The van der Waals surface area contributed by atoms with Gasteiger partial charge in [-0.05, 0) is 85.0 Å². The second-order valence-electron chi connectivity index (χ2n) is 10.8. The van der Waals surface area contributed by atoms with E-state index in [0.29, 0.717) is 11.8 Å². The molecule has 2 saturated carbocycles. The van der Waals surface area contributed by atoms with Gasteiger partial charge in [0.15, 0.2) is 0 Å². The zero-order valence-corrected chi connectivity index (χ0v) is 20.8. The van der Waals surface area contributed by atoms with Gasteiger partial charge in [-0.1, -0.05) is 81.8 Å². The molecular formula is C31H43FO. The Labute approximate surface area is 201 Å². The molecule has 2 aliphatic rings. The largest absolute Gasteiger partial charge is 0.384 e. The number of hydrogen-bond acceptors (Lipinski definition) is 1. The first kappa shape index (κ1) is 24.5. The van der Waals surface area contributed by atoms with E-state index in [-0.39, 0.29) is 5.82 Å². The van der Waals surface area contributed by atoms with E-state index in [0.717, 1.165) is 41.6 Å². The Kier molecular flexibility index (Phi) is 9.01. The van der Waals surface area contributed by atoms with E-state index in [1.165, 1.54) is 76.2 Å². The lowest BCUT2D eigenvalue weighted by atomic mass is 9.78. The Morgan fingerprint density at radius 1 is 0.788 bits per heavy atom. The predicted octanol–water partition coefficient (Wildman–Crippen LogP) is 8.95. The molecule has 0 aromatic heterocycles. The van der Waals surface area contributed by atoms with Crippen molar-refractivity contribution in [3.05, 3.63) is 59.4 Å². The van der Waals surface area contributed by atoms with Crippen molar-refractivity contribution in [1.82, 2.24) is 0 Å². The lowest BCUT2D eigenvalue weighted by molar-refractivity contribution is 0.127. The number of rotatable bonds is 9. The highest BCUT2D eigenvalue weighted by molar-refractivity contribution is 5.65. The molecule has 0 bridgehead atoms. The lowest BCUT2D eigenvalue weighted by Crippen LogP contribution is -2.17. The van der Waals surface area contributed by atoms with Crippen LogP contribution < -0.4 is 0 Å². The van der Waals surface area contributed by atoms with Gasteiger partial charge in [0.2, 0.25) is 0 Å². The molecule has 0 heterocycles. The van der Waals surface area contributed by atoms with Crippen LogP contribution in [0.5, 0.6) is 0 Å². The smallest absolute Gasteiger partial charge is 0.131 e. The maximum Gasteiger partial charge on any atom is 0.131 e. The summed E-state index contributed by atoms with van der Waals surface area (Å²) in [5.74, 6) is 3.07. The van der Waals surface area contributed by atoms with Gasteiger partial charge in [-0.25, -0.2) is 4.39 Å². The minimum atomic E-state index is -0.0769. The van der Waals surface area contributed by atoms with Crippen molar-refractivity contribution in [3.8, 4) is 11.1 Å². The van der Waals surface area contributed by atoms with E-state index in [1.807, 2.05) is 6.07 Å². The first-order valence-corrected chi connectivity index (χ1v) is 13.5. The molecule has 33 heavy (non-hydrogen) atoms. The fourth-order valence-electron chi connectivity index (χ4n) is 6.37. The van der Waals surface area contributed by atoms with Crippen molar-refractivity contribution < 1.29 is 9.13 Å². The standard InChI is InChI=1S/C31H43FO/c1-3-4-23-5-7-24(8-6-23)9-10-25-13-20-30(31(32)21-25)29-18-16-28(17-19-29)27-14-11-26(12-15-27)22-33-2/h13,16-21,23-24,26-27H,3-12,14-15,22H2,1-2H3. The van der Waals surface area contributed by atoms with Crippen molar-refractivity contribution in [2.75, 3.05) is 13.7 Å². The number of methoxy groups -OCH3 is 1. The van der Waals surface area contributed by atoms with Gasteiger partial charge in [0.25, 0.3) is 0 Å². The maximum atomic E-state index is 15.0. The summed E-state index contributed by atoms with van der Waals surface area (Å²) in [6.07, 6.45) is 15.4. The topological polar surface area (TPSA) is 9.23 Å².